The van der Waals surface area contributed by atoms with Gasteiger partial charge in [0.05, 0.1) is 10.9 Å². The molecule has 0 aliphatic carbocycles. The highest BCUT2D eigenvalue weighted by Gasteiger charge is 2.30. The van der Waals surface area contributed by atoms with E-state index in [1.807, 2.05) is 30.0 Å². The highest BCUT2D eigenvalue weighted by atomic mass is 32.2. The van der Waals surface area contributed by atoms with E-state index in [1.165, 1.54) is 0 Å². The third kappa shape index (κ3) is 4.46. The molecule has 1 aliphatic heterocycles. The first kappa shape index (κ1) is 21.1. The van der Waals surface area contributed by atoms with Crippen LogP contribution >= 0.6 is 0 Å². The number of likely N-dealkylation sites (tertiary alicyclic amines) is 1. The van der Waals surface area contributed by atoms with Crippen molar-refractivity contribution >= 4 is 21.6 Å². The number of sulfonamides is 1. The molecule has 7 heteroatoms. The van der Waals surface area contributed by atoms with E-state index in [0.29, 0.717) is 23.4 Å². The van der Waals surface area contributed by atoms with Gasteiger partial charge in [-0.2, -0.15) is 0 Å². The van der Waals surface area contributed by atoms with E-state index in [1.54, 1.807) is 55.7 Å². The second kappa shape index (κ2) is 8.51. The predicted molar refractivity (Wildman–Crippen MR) is 120 cm³/mol. The summed E-state index contributed by atoms with van der Waals surface area (Å²) >= 11 is 0. The molecular weight excluding hydrogens is 410 g/mol. The topological polar surface area (TPSA) is 79.4 Å². The van der Waals surface area contributed by atoms with Crippen molar-refractivity contribution in [2.24, 2.45) is 0 Å². The number of rotatable bonds is 5. The van der Waals surface area contributed by atoms with Crippen LogP contribution in [0.2, 0.25) is 0 Å². The Balaban J connectivity index is 1.51. The van der Waals surface area contributed by atoms with Crippen LogP contribution in [-0.4, -0.2) is 30.8 Å². The van der Waals surface area contributed by atoms with Gasteiger partial charge in [-0.3, -0.25) is 14.5 Å². The average molecular weight is 436 g/mol. The molecule has 0 spiro atoms. The molecule has 4 rings (SSSR count). The normalized spacial score (nSPS) is 16.3. The molecule has 2 heterocycles. The molecule has 1 fully saturated rings. The van der Waals surface area contributed by atoms with Crippen LogP contribution in [0.25, 0.3) is 0 Å². The van der Waals surface area contributed by atoms with Crippen LogP contribution in [0.3, 0.4) is 0 Å². The summed E-state index contributed by atoms with van der Waals surface area (Å²) in [7, 11) is -3.71. The number of aryl methyl sites for hydroxylation is 2. The summed E-state index contributed by atoms with van der Waals surface area (Å²) in [6.45, 7) is 4.32. The molecule has 2 aromatic carbocycles. The Bertz CT molecular complexity index is 1190. The molecule has 0 radical (unpaired) electrons. The molecule has 1 amide bonds. The number of hydrogen-bond acceptors (Lipinski definition) is 4. The fourth-order valence-electron chi connectivity index (χ4n) is 3.98. The predicted octanol–water partition coefficient (Wildman–Crippen LogP) is 4.48. The van der Waals surface area contributed by atoms with Crippen LogP contribution in [-0.2, 0) is 10.0 Å². The van der Waals surface area contributed by atoms with Gasteiger partial charge in [-0.25, -0.2) is 8.42 Å². The Morgan fingerprint density at radius 1 is 1.10 bits per heavy atom. The Hall–Kier alpha value is -3.19. The molecule has 3 aromatic rings. The van der Waals surface area contributed by atoms with Crippen LogP contribution in [0.4, 0.5) is 5.69 Å². The Morgan fingerprint density at radius 3 is 2.58 bits per heavy atom. The fraction of sp³-hybridized carbons (Fsp3) is 0.250. The van der Waals surface area contributed by atoms with Crippen molar-refractivity contribution in [3.05, 3.63) is 89.2 Å². The van der Waals surface area contributed by atoms with Crippen molar-refractivity contribution in [3.8, 4) is 0 Å². The summed E-state index contributed by atoms with van der Waals surface area (Å²) in [5.74, 6) is -0.0599. The zero-order valence-electron chi connectivity index (χ0n) is 17.6. The summed E-state index contributed by atoms with van der Waals surface area (Å²) < 4.78 is 28.2. The summed E-state index contributed by atoms with van der Waals surface area (Å²) in [4.78, 5) is 19.4. The number of benzene rings is 2. The quantitative estimate of drug-likeness (QED) is 0.641. The smallest absolute Gasteiger partial charge is 0.262 e. The number of nitrogens with one attached hydrogen (secondary N) is 1. The van der Waals surface area contributed by atoms with Gasteiger partial charge in [-0.15, -0.1) is 0 Å². The van der Waals surface area contributed by atoms with Crippen LogP contribution in [0, 0.1) is 13.8 Å². The second-order valence-electron chi connectivity index (χ2n) is 7.89. The van der Waals surface area contributed by atoms with E-state index < -0.39 is 10.0 Å². The van der Waals surface area contributed by atoms with Gasteiger partial charge in [0.25, 0.3) is 15.9 Å². The van der Waals surface area contributed by atoms with Gasteiger partial charge in [0, 0.05) is 30.2 Å². The lowest BCUT2D eigenvalue weighted by Crippen LogP contribution is -2.30. The van der Waals surface area contributed by atoms with Gasteiger partial charge in [-0.1, -0.05) is 18.2 Å². The molecule has 1 aromatic heterocycles. The van der Waals surface area contributed by atoms with Crippen molar-refractivity contribution in [1.82, 2.24) is 9.88 Å². The standard InChI is InChI=1S/C24H25N3O3S/c1-17-7-8-18(2)23(15-17)31(29,30)26-21-11-9-19(10-12-21)24(28)27-14-4-6-22(27)20-5-3-13-25-16-20/h3,5,7-13,15-16,22,26H,4,6,14H2,1-2H3. The molecule has 160 valence electrons. The molecule has 0 saturated carbocycles. The van der Waals surface area contributed by atoms with Gasteiger partial charge in [-0.05, 0) is 79.8 Å². The molecule has 1 atom stereocenters. The van der Waals surface area contributed by atoms with Crippen LogP contribution in [0.5, 0.6) is 0 Å². The molecule has 1 unspecified atom stereocenters. The zero-order valence-corrected chi connectivity index (χ0v) is 18.4. The molecule has 1 aliphatic rings. The van der Waals surface area contributed by atoms with Gasteiger partial charge in [0.2, 0.25) is 0 Å². The number of hydrogen-bond donors (Lipinski definition) is 1. The van der Waals surface area contributed by atoms with Crippen LogP contribution in [0.15, 0.2) is 71.9 Å². The SMILES string of the molecule is Cc1ccc(C)c(S(=O)(=O)Nc2ccc(C(=O)N3CCCC3c3cccnc3)cc2)c1. The first-order chi connectivity index (χ1) is 14.8. The Kier molecular flexibility index (Phi) is 5.78. The summed E-state index contributed by atoms with van der Waals surface area (Å²) in [6.07, 6.45) is 5.38. The third-order valence-corrected chi connectivity index (χ3v) is 7.12. The average Bonchev–Trinajstić information content (AvgIpc) is 3.26. The summed E-state index contributed by atoms with van der Waals surface area (Å²) in [5, 5.41) is 0. The number of aromatic nitrogens is 1. The van der Waals surface area contributed by atoms with Gasteiger partial charge in [0.15, 0.2) is 0 Å². The minimum atomic E-state index is -3.71. The minimum Gasteiger partial charge on any atom is -0.332 e. The van der Waals surface area contributed by atoms with E-state index in [-0.39, 0.29) is 16.8 Å². The lowest BCUT2D eigenvalue weighted by Gasteiger charge is -2.25. The van der Waals surface area contributed by atoms with Gasteiger partial charge >= 0.3 is 0 Å². The molecule has 1 N–H and O–H groups in total. The van der Waals surface area contributed by atoms with Crippen molar-refractivity contribution in [3.63, 3.8) is 0 Å². The van der Waals surface area contributed by atoms with Gasteiger partial charge < -0.3 is 4.90 Å². The molecular formula is C24H25N3O3S. The van der Waals surface area contributed by atoms with E-state index in [0.717, 1.165) is 24.0 Å². The monoisotopic (exact) mass is 435 g/mol. The van der Waals surface area contributed by atoms with Crippen molar-refractivity contribution in [2.45, 2.75) is 37.6 Å². The lowest BCUT2D eigenvalue weighted by atomic mass is 10.1. The first-order valence-corrected chi connectivity index (χ1v) is 11.7. The van der Waals surface area contributed by atoms with Crippen molar-refractivity contribution < 1.29 is 13.2 Å². The maximum Gasteiger partial charge on any atom is 0.262 e. The van der Waals surface area contributed by atoms with E-state index in [2.05, 4.69) is 9.71 Å². The van der Waals surface area contributed by atoms with Gasteiger partial charge in [0.1, 0.15) is 0 Å². The largest absolute Gasteiger partial charge is 0.332 e. The maximum absolute atomic E-state index is 13.1. The molecule has 1 saturated heterocycles. The van der Waals surface area contributed by atoms with Crippen LogP contribution < -0.4 is 4.72 Å². The highest BCUT2D eigenvalue weighted by molar-refractivity contribution is 7.92. The van der Waals surface area contributed by atoms with E-state index in [4.69, 9.17) is 0 Å². The second-order valence-corrected chi connectivity index (χ2v) is 9.55. The first-order valence-electron chi connectivity index (χ1n) is 10.3. The number of amides is 1. The molecule has 0 bridgehead atoms. The maximum atomic E-state index is 13.1. The van der Waals surface area contributed by atoms with E-state index in [9.17, 15) is 13.2 Å². The third-order valence-electron chi connectivity index (χ3n) is 5.60. The highest BCUT2D eigenvalue weighted by Crippen LogP contribution is 2.33. The lowest BCUT2D eigenvalue weighted by molar-refractivity contribution is 0.0735. The van der Waals surface area contributed by atoms with Crippen molar-refractivity contribution in [1.29, 1.82) is 0 Å². The number of nitrogens with zero attached hydrogens (tertiary/aromatic N) is 2. The Morgan fingerprint density at radius 2 is 1.87 bits per heavy atom. The molecule has 6 nitrogen and oxygen atoms in total. The number of pyridine rings is 1. The number of anilines is 1. The summed E-state index contributed by atoms with van der Waals surface area (Å²) in [6, 6.07) is 15.8. The summed E-state index contributed by atoms with van der Waals surface area (Å²) in [5.41, 5.74) is 3.54. The zero-order chi connectivity index (χ0) is 22.0. The van der Waals surface area contributed by atoms with Crippen LogP contribution in [0.1, 0.15) is 45.9 Å². The number of carbonyl (C=O) groups is 1. The van der Waals surface area contributed by atoms with E-state index >= 15 is 0 Å². The van der Waals surface area contributed by atoms with Crippen molar-refractivity contribution in [2.75, 3.05) is 11.3 Å². The molecule has 31 heavy (non-hydrogen) atoms. The fourth-order valence-corrected chi connectivity index (χ4v) is 5.37. The number of carbonyl (C=O) groups excluding carboxylic acids is 1. The Labute approximate surface area is 183 Å². The minimum absolute atomic E-state index is 0.0173.